The van der Waals surface area contributed by atoms with Gasteiger partial charge in [-0.15, -0.1) is 0 Å². The van der Waals surface area contributed by atoms with Crippen molar-refractivity contribution < 1.29 is 9.47 Å². The van der Waals surface area contributed by atoms with Gasteiger partial charge < -0.3 is 15.2 Å². The highest BCUT2D eigenvalue weighted by Gasteiger charge is 1.97. The molecule has 0 aliphatic rings. The van der Waals surface area contributed by atoms with Crippen LogP contribution in [0, 0.1) is 6.92 Å². The van der Waals surface area contributed by atoms with Gasteiger partial charge in [-0.05, 0) is 43.5 Å². The van der Waals surface area contributed by atoms with Gasteiger partial charge in [0, 0.05) is 19.4 Å². The van der Waals surface area contributed by atoms with Crippen molar-refractivity contribution >= 4 is 5.69 Å². The Balaban J connectivity index is 2.28. The molecule has 0 saturated heterocycles. The molecule has 0 fully saturated rings. The number of benzene rings is 1. The van der Waals surface area contributed by atoms with E-state index >= 15 is 0 Å². The Bertz CT molecular complexity index is 300. The van der Waals surface area contributed by atoms with Crippen molar-refractivity contribution in [2.24, 2.45) is 0 Å². The van der Waals surface area contributed by atoms with Gasteiger partial charge in [0.25, 0.3) is 0 Å². The third kappa shape index (κ3) is 4.21. The first-order valence-corrected chi connectivity index (χ1v) is 5.22. The molecule has 0 atom stereocenters. The van der Waals surface area contributed by atoms with E-state index in [-0.39, 0.29) is 0 Å². The summed E-state index contributed by atoms with van der Waals surface area (Å²) in [6.45, 7) is 3.50. The van der Waals surface area contributed by atoms with Gasteiger partial charge in [0.2, 0.25) is 0 Å². The number of unbranched alkanes of at least 4 members (excludes halogenated alkanes) is 1. The fraction of sp³-hybridized carbons (Fsp3) is 0.500. The summed E-state index contributed by atoms with van der Waals surface area (Å²) >= 11 is 0. The average Bonchev–Trinajstić information content (AvgIpc) is 2.23. The second kappa shape index (κ2) is 6.30. The molecule has 0 amide bonds. The summed E-state index contributed by atoms with van der Waals surface area (Å²) in [6, 6.07) is 5.74. The number of rotatable bonds is 6. The Kier molecular flexibility index (Phi) is 4.98. The van der Waals surface area contributed by atoms with Crippen LogP contribution in [-0.2, 0) is 4.74 Å². The van der Waals surface area contributed by atoms with E-state index in [0.29, 0.717) is 0 Å². The number of hydrogen-bond acceptors (Lipinski definition) is 3. The van der Waals surface area contributed by atoms with Crippen LogP contribution in [0.1, 0.15) is 18.4 Å². The Morgan fingerprint density at radius 1 is 1.20 bits per heavy atom. The Morgan fingerprint density at radius 2 is 1.93 bits per heavy atom. The summed E-state index contributed by atoms with van der Waals surface area (Å²) in [4.78, 5) is 0. The number of hydrogen-bond donors (Lipinski definition) is 1. The summed E-state index contributed by atoms with van der Waals surface area (Å²) < 4.78 is 10.5. The van der Waals surface area contributed by atoms with Crippen molar-refractivity contribution in [2.45, 2.75) is 19.8 Å². The summed E-state index contributed by atoms with van der Waals surface area (Å²) in [6.07, 6.45) is 2.04. The third-order valence-electron chi connectivity index (χ3n) is 2.25. The molecular formula is C12H19NO2. The minimum Gasteiger partial charge on any atom is -0.494 e. The van der Waals surface area contributed by atoms with Gasteiger partial charge in [-0.2, -0.15) is 0 Å². The lowest BCUT2D eigenvalue weighted by Gasteiger charge is -2.07. The predicted octanol–water partition coefficient (Wildman–Crippen LogP) is 2.38. The van der Waals surface area contributed by atoms with Crippen LogP contribution < -0.4 is 10.5 Å². The van der Waals surface area contributed by atoms with E-state index < -0.39 is 0 Å². The van der Waals surface area contributed by atoms with E-state index in [2.05, 4.69) is 0 Å². The van der Waals surface area contributed by atoms with Gasteiger partial charge in [0.05, 0.1) is 6.61 Å². The van der Waals surface area contributed by atoms with Gasteiger partial charge in [-0.25, -0.2) is 0 Å². The van der Waals surface area contributed by atoms with Gasteiger partial charge in [-0.3, -0.25) is 0 Å². The van der Waals surface area contributed by atoms with Crippen LogP contribution in [-0.4, -0.2) is 20.3 Å². The molecule has 0 aromatic heterocycles. The van der Waals surface area contributed by atoms with Crippen LogP contribution in [0.2, 0.25) is 0 Å². The highest BCUT2D eigenvalue weighted by Crippen LogP contribution is 2.18. The van der Waals surface area contributed by atoms with Crippen LogP contribution in [0.4, 0.5) is 5.69 Å². The predicted molar refractivity (Wildman–Crippen MR) is 62.2 cm³/mol. The molecule has 0 heterocycles. The number of anilines is 1. The fourth-order valence-corrected chi connectivity index (χ4v) is 1.28. The van der Waals surface area contributed by atoms with Crippen molar-refractivity contribution in [3.05, 3.63) is 23.8 Å². The van der Waals surface area contributed by atoms with E-state index in [1.807, 2.05) is 25.1 Å². The fourth-order valence-electron chi connectivity index (χ4n) is 1.28. The maximum Gasteiger partial charge on any atom is 0.119 e. The van der Waals surface area contributed by atoms with Crippen LogP contribution in [0.15, 0.2) is 18.2 Å². The molecule has 1 aromatic carbocycles. The maximum atomic E-state index is 5.71. The Morgan fingerprint density at radius 3 is 2.60 bits per heavy atom. The van der Waals surface area contributed by atoms with Crippen molar-refractivity contribution in [1.82, 2.24) is 0 Å². The molecule has 0 spiro atoms. The zero-order chi connectivity index (χ0) is 11.1. The summed E-state index contributed by atoms with van der Waals surface area (Å²) in [7, 11) is 1.71. The minimum atomic E-state index is 0.729. The lowest BCUT2D eigenvalue weighted by atomic mass is 10.2. The van der Waals surface area contributed by atoms with Crippen molar-refractivity contribution in [3.63, 3.8) is 0 Å². The Labute approximate surface area is 91.2 Å². The molecule has 0 unspecified atom stereocenters. The molecule has 0 radical (unpaired) electrons. The zero-order valence-electron chi connectivity index (χ0n) is 9.45. The van der Waals surface area contributed by atoms with Gasteiger partial charge >= 0.3 is 0 Å². The first-order valence-electron chi connectivity index (χ1n) is 5.22. The molecule has 0 aliphatic heterocycles. The summed E-state index contributed by atoms with van der Waals surface area (Å²) in [5, 5.41) is 0. The van der Waals surface area contributed by atoms with E-state index in [1.54, 1.807) is 7.11 Å². The van der Waals surface area contributed by atoms with Crippen LogP contribution in [0.25, 0.3) is 0 Å². The molecule has 84 valence electrons. The molecule has 3 heteroatoms. The summed E-state index contributed by atoms with van der Waals surface area (Å²) in [5.74, 6) is 0.888. The quantitative estimate of drug-likeness (QED) is 0.578. The minimum absolute atomic E-state index is 0.729. The Hall–Kier alpha value is -1.22. The van der Waals surface area contributed by atoms with Crippen molar-refractivity contribution in [2.75, 3.05) is 26.1 Å². The average molecular weight is 209 g/mol. The second-order valence-electron chi connectivity index (χ2n) is 3.57. The molecular weight excluding hydrogens is 190 g/mol. The molecule has 0 aliphatic carbocycles. The lowest BCUT2D eigenvalue weighted by molar-refractivity contribution is 0.184. The van der Waals surface area contributed by atoms with Crippen LogP contribution in [0.5, 0.6) is 5.75 Å². The number of methoxy groups -OCH3 is 1. The molecule has 3 nitrogen and oxygen atoms in total. The van der Waals surface area contributed by atoms with Crippen LogP contribution >= 0.6 is 0 Å². The van der Waals surface area contributed by atoms with Gasteiger partial charge in [0.1, 0.15) is 5.75 Å². The SMILES string of the molecule is COCCCCOc1ccc(N)c(C)c1. The topological polar surface area (TPSA) is 44.5 Å². The number of aryl methyl sites for hydroxylation is 1. The number of ether oxygens (including phenoxy) is 2. The lowest BCUT2D eigenvalue weighted by Crippen LogP contribution is -2.00. The van der Waals surface area contributed by atoms with E-state index in [1.165, 1.54) is 0 Å². The van der Waals surface area contributed by atoms with E-state index in [4.69, 9.17) is 15.2 Å². The number of nitrogens with two attached hydrogens (primary N) is 1. The molecule has 1 rings (SSSR count). The molecule has 0 bridgehead atoms. The molecule has 0 saturated carbocycles. The monoisotopic (exact) mass is 209 g/mol. The highest BCUT2D eigenvalue weighted by atomic mass is 16.5. The van der Waals surface area contributed by atoms with Gasteiger partial charge in [-0.1, -0.05) is 0 Å². The first-order chi connectivity index (χ1) is 7.24. The van der Waals surface area contributed by atoms with Crippen molar-refractivity contribution in [3.8, 4) is 5.75 Å². The van der Waals surface area contributed by atoms with E-state index in [0.717, 1.165) is 43.1 Å². The maximum absolute atomic E-state index is 5.71. The number of nitrogen functional groups attached to an aromatic ring is 1. The smallest absolute Gasteiger partial charge is 0.119 e. The third-order valence-corrected chi connectivity index (χ3v) is 2.25. The first kappa shape index (κ1) is 11.9. The van der Waals surface area contributed by atoms with Gasteiger partial charge in [0.15, 0.2) is 0 Å². The molecule has 15 heavy (non-hydrogen) atoms. The van der Waals surface area contributed by atoms with E-state index in [9.17, 15) is 0 Å². The molecule has 1 aromatic rings. The van der Waals surface area contributed by atoms with Crippen LogP contribution in [0.3, 0.4) is 0 Å². The normalized spacial score (nSPS) is 10.3. The van der Waals surface area contributed by atoms with Crippen molar-refractivity contribution in [1.29, 1.82) is 0 Å². The molecule has 2 N–H and O–H groups in total. The largest absolute Gasteiger partial charge is 0.494 e. The second-order valence-corrected chi connectivity index (χ2v) is 3.57. The standard InChI is InChI=1S/C12H19NO2/c1-10-9-11(5-6-12(10)13)15-8-4-3-7-14-2/h5-6,9H,3-4,7-8,13H2,1-2H3. The summed E-state index contributed by atoms with van der Waals surface area (Å²) in [5.41, 5.74) is 7.58. The highest BCUT2D eigenvalue weighted by molar-refractivity contribution is 5.49. The zero-order valence-corrected chi connectivity index (χ0v) is 9.45.